The fourth-order valence-electron chi connectivity index (χ4n) is 3.89. The highest BCUT2D eigenvalue weighted by molar-refractivity contribution is 7.89. The van der Waals surface area contributed by atoms with E-state index in [1.807, 2.05) is 12.1 Å². The smallest absolute Gasteiger partial charge is 0.335 e. The number of nitrogens with one attached hydrogen (secondary N) is 1. The van der Waals surface area contributed by atoms with Crippen LogP contribution in [0, 0.1) is 5.92 Å². The maximum atomic E-state index is 13.1. The molecule has 0 bridgehead atoms. The second-order valence-corrected chi connectivity index (χ2v) is 11.1. The minimum absolute atomic E-state index is 0.165. The van der Waals surface area contributed by atoms with Crippen LogP contribution in [0.3, 0.4) is 0 Å². The molecule has 3 rings (SSSR count). The quantitative estimate of drug-likeness (QED) is 0.358. The molecule has 2 N–H and O–H groups in total. The zero-order chi connectivity index (χ0) is 25.4. The molecule has 0 spiro atoms. The van der Waals surface area contributed by atoms with E-state index in [-0.39, 0.29) is 22.4 Å². The minimum Gasteiger partial charge on any atom is -0.478 e. The van der Waals surface area contributed by atoms with Gasteiger partial charge in [-0.15, -0.1) is 0 Å². The summed E-state index contributed by atoms with van der Waals surface area (Å²) in [6.45, 7) is 5.65. The molecule has 0 saturated carbocycles. The predicted molar refractivity (Wildman–Crippen MR) is 137 cm³/mol. The van der Waals surface area contributed by atoms with Crippen LogP contribution in [0.1, 0.15) is 41.8 Å². The molecule has 0 saturated heterocycles. The Labute approximate surface area is 211 Å². The van der Waals surface area contributed by atoms with E-state index in [1.54, 1.807) is 48.8 Å². The first-order valence-electron chi connectivity index (χ1n) is 11.3. The molecule has 1 unspecified atom stereocenters. The monoisotopic (exact) mass is 515 g/mol. The van der Waals surface area contributed by atoms with Gasteiger partial charge in [-0.2, -0.15) is 0 Å². The summed E-state index contributed by atoms with van der Waals surface area (Å²) in [6, 6.07) is 16.3. The molecule has 0 amide bonds. The van der Waals surface area contributed by atoms with Gasteiger partial charge in [-0.05, 0) is 65.9 Å². The molecule has 0 aliphatic rings. The van der Waals surface area contributed by atoms with Gasteiger partial charge in [-0.3, -0.25) is 9.88 Å². The third-order valence-corrected chi connectivity index (χ3v) is 7.20. The number of rotatable bonds is 12. The fourth-order valence-corrected chi connectivity index (χ4v) is 5.25. The van der Waals surface area contributed by atoms with E-state index < -0.39 is 16.0 Å². The number of halogens is 1. The Morgan fingerprint density at radius 2 is 1.69 bits per heavy atom. The molecular formula is C26H30ClN3O4S. The average Bonchev–Trinajstić information content (AvgIpc) is 2.79. The van der Waals surface area contributed by atoms with Crippen LogP contribution in [0.2, 0.25) is 5.02 Å². The number of pyridine rings is 1. The van der Waals surface area contributed by atoms with Crippen molar-refractivity contribution < 1.29 is 18.3 Å². The topological polar surface area (TPSA) is 99.6 Å². The van der Waals surface area contributed by atoms with Gasteiger partial charge in [0.2, 0.25) is 10.0 Å². The van der Waals surface area contributed by atoms with Crippen molar-refractivity contribution in [2.45, 2.75) is 44.3 Å². The van der Waals surface area contributed by atoms with Crippen molar-refractivity contribution in [3.63, 3.8) is 0 Å². The van der Waals surface area contributed by atoms with E-state index in [0.29, 0.717) is 31.1 Å². The molecule has 0 aliphatic heterocycles. The number of carboxylic acids is 1. The maximum Gasteiger partial charge on any atom is 0.335 e. The van der Waals surface area contributed by atoms with Gasteiger partial charge in [0.05, 0.1) is 10.5 Å². The van der Waals surface area contributed by atoms with E-state index in [0.717, 1.165) is 11.1 Å². The van der Waals surface area contributed by atoms with Gasteiger partial charge in [0.15, 0.2) is 0 Å². The Bertz CT molecular complexity index is 1200. The molecule has 0 aliphatic carbocycles. The van der Waals surface area contributed by atoms with Gasteiger partial charge in [0.25, 0.3) is 0 Å². The summed E-state index contributed by atoms with van der Waals surface area (Å²) in [7, 11) is -3.74. The number of aromatic nitrogens is 1. The molecule has 1 aromatic heterocycles. The lowest BCUT2D eigenvalue weighted by Gasteiger charge is -2.29. The van der Waals surface area contributed by atoms with Crippen molar-refractivity contribution in [2.75, 3.05) is 6.54 Å². The highest BCUT2D eigenvalue weighted by Gasteiger charge is 2.23. The number of carboxylic acid groups (broad SMARTS) is 1. The minimum atomic E-state index is -3.74. The van der Waals surface area contributed by atoms with Crippen molar-refractivity contribution in [3.8, 4) is 0 Å². The van der Waals surface area contributed by atoms with Gasteiger partial charge >= 0.3 is 5.97 Å². The largest absolute Gasteiger partial charge is 0.478 e. The number of carbonyl (C=O) groups is 1. The molecule has 2 aromatic carbocycles. The summed E-state index contributed by atoms with van der Waals surface area (Å²) < 4.78 is 29.1. The highest BCUT2D eigenvalue weighted by atomic mass is 35.5. The summed E-state index contributed by atoms with van der Waals surface area (Å²) in [5, 5.41) is 9.65. The Kier molecular flexibility index (Phi) is 9.40. The number of aromatic carboxylic acids is 1. The van der Waals surface area contributed by atoms with Crippen molar-refractivity contribution in [3.05, 3.63) is 94.8 Å². The van der Waals surface area contributed by atoms with Crippen molar-refractivity contribution in [1.29, 1.82) is 0 Å². The first-order chi connectivity index (χ1) is 16.6. The van der Waals surface area contributed by atoms with Crippen molar-refractivity contribution in [1.82, 2.24) is 14.6 Å². The zero-order valence-corrected chi connectivity index (χ0v) is 21.3. The lowest BCUT2D eigenvalue weighted by atomic mass is 10.0. The van der Waals surface area contributed by atoms with Crippen LogP contribution in [0.15, 0.2) is 78.0 Å². The third-order valence-electron chi connectivity index (χ3n) is 5.42. The van der Waals surface area contributed by atoms with Crippen LogP contribution >= 0.6 is 11.6 Å². The number of nitrogens with zero attached hydrogens (tertiary/aromatic N) is 2. The Morgan fingerprint density at radius 3 is 2.26 bits per heavy atom. The molecule has 3 aromatic rings. The molecule has 35 heavy (non-hydrogen) atoms. The Hall–Kier alpha value is -2.78. The summed E-state index contributed by atoms with van der Waals surface area (Å²) >= 11 is 5.93. The van der Waals surface area contributed by atoms with Gasteiger partial charge < -0.3 is 5.11 Å². The molecule has 0 radical (unpaired) electrons. The van der Waals surface area contributed by atoms with E-state index in [4.69, 9.17) is 11.6 Å². The van der Waals surface area contributed by atoms with Gasteiger partial charge in [-0.25, -0.2) is 17.9 Å². The number of sulfonamides is 1. The zero-order valence-electron chi connectivity index (χ0n) is 19.8. The lowest BCUT2D eigenvalue weighted by molar-refractivity contribution is 0.0697. The van der Waals surface area contributed by atoms with Gasteiger partial charge in [0, 0.05) is 43.1 Å². The molecular weight excluding hydrogens is 486 g/mol. The van der Waals surface area contributed by atoms with E-state index in [1.165, 1.54) is 12.1 Å². The van der Waals surface area contributed by atoms with Crippen LogP contribution in [0.25, 0.3) is 0 Å². The van der Waals surface area contributed by atoms with Crippen LogP contribution < -0.4 is 4.72 Å². The first-order valence-corrected chi connectivity index (χ1v) is 13.2. The summed E-state index contributed by atoms with van der Waals surface area (Å²) in [4.78, 5) is 17.7. The SMILES string of the molecule is CC(C)CC(CN(Cc1ccc(C(=O)O)cc1)Cc1cccnc1)NS(=O)(=O)c1ccc(Cl)cc1. The normalized spacial score (nSPS) is 12.7. The van der Waals surface area contributed by atoms with E-state index >= 15 is 0 Å². The van der Waals surface area contributed by atoms with Gasteiger partial charge in [-0.1, -0.05) is 43.6 Å². The summed E-state index contributed by atoms with van der Waals surface area (Å²) in [5.74, 6) is -0.708. The average molecular weight is 516 g/mol. The third kappa shape index (κ3) is 8.43. The van der Waals surface area contributed by atoms with E-state index in [2.05, 4.69) is 28.5 Å². The van der Waals surface area contributed by atoms with Crippen LogP contribution in [0.4, 0.5) is 0 Å². The van der Waals surface area contributed by atoms with E-state index in [9.17, 15) is 18.3 Å². The molecule has 7 nitrogen and oxygen atoms in total. The molecule has 9 heteroatoms. The Morgan fingerprint density at radius 1 is 1.03 bits per heavy atom. The summed E-state index contributed by atoms with van der Waals surface area (Å²) in [6.07, 6.45) is 4.14. The molecule has 1 heterocycles. The number of hydrogen-bond acceptors (Lipinski definition) is 5. The molecule has 186 valence electrons. The molecule has 0 fully saturated rings. The molecule has 1 atom stereocenters. The summed E-state index contributed by atoms with van der Waals surface area (Å²) in [5.41, 5.74) is 2.15. The fraction of sp³-hybridized carbons (Fsp3) is 0.308. The van der Waals surface area contributed by atoms with Crippen LogP contribution in [-0.4, -0.2) is 42.0 Å². The second kappa shape index (κ2) is 12.3. The highest BCUT2D eigenvalue weighted by Crippen LogP contribution is 2.18. The van der Waals surface area contributed by atoms with Gasteiger partial charge in [0.1, 0.15) is 0 Å². The van der Waals surface area contributed by atoms with Crippen molar-refractivity contribution >= 4 is 27.6 Å². The van der Waals surface area contributed by atoms with Crippen molar-refractivity contribution in [2.24, 2.45) is 5.92 Å². The number of benzene rings is 2. The Balaban J connectivity index is 1.83. The van der Waals surface area contributed by atoms with Crippen LogP contribution in [0.5, 0.6) is 0 Å². The lowest BCUT2D eigenvalue weighted by Crippen LogP contribution is -2.44. The standard InChI is InChI=1S/C26H30ClN3O4S/c1-19(2)14-24(29-35(33,34)25-11-9-23(27)10-12-25)18-30(17-21-4-3-13-28-15-21)16-20-5-7-22(8-6-20)26(31)32/h3-13,15,19,24,29H,14,16-18H2,1-2H3,(H,31,32). The first kappa shape index (κ1) is 26.8. The maximum absolute atomic E-state index is 13.1. The number of hydrogen-bond donors (Lipinski definition) is 2. The predicted octanol–water partition coefficient (Wildman–Crippen LogP) is 4.83. The second-order valence-electron chi connectivity index (χ2n) is 8.93. The van der Waals surface area contributed by atoms with Crippen LogP contribution in [-0.2, 0) is 23.1 Å².